The summed E-state index contributed by atoms with van der Waals surface area (Å²) in [6.07, 6.45) is 1.95. The van der Waals surface area contributed by atoms with E-state index in [2.05, 4.69) is 0 Å². The lowest BCUT2D eigenvalue weighted by atomic mass is 9.78. The van der Waals surface area contributed by atoms with E-state index in [-0.39, 0.29) is 23.9 Å². The van der Waals surface area contributed by atoms with Gasteiger partial charge < -0.3 is 14.9 Å². The van der Waals surface area contributed by atoms with Crippen molar-refractivity contribution in [3.8, 4) is 5.75 Å². The van der Waals surface area contributed by atoms with Crippen LogP contribution >= 0.6 is 0 Å². The third kappa shape index (κ3) is 4.84. The molecule has 4 heteroatoms. The van der Waals surface area contributed by atoms with E-state index < -0.39 is 5.97 Å². The Kier molecular flexibility index (Phi) is 6.23. The standard InChI is InChI=1S/C20H30O4/c1-19(2,3)15-11-13(10-14(8-9-21)18(23)24-7)12-16(17(15)22)20(4,5)6/h10-12,21-22H,8-9H2,1-7H3/b14-10-. The molecule has 0 aliphatic heterocycles. The molecule has 0 aliphatic rings. The number of ether oxygens (including phenoxy) is 1. The number of carbonyl (C=O) groups excluding carboxylic acids is 1. The number of aromatic hydroxyl groups is 1. The zero-order valence-electron chi connectivity index (χ0n) is 15.9. The number of methoxy groups -OCH3 is 1. The van der Waals surface area contributed by atoms with Crippen molar-refractivity contribution in [2.45, 2.75) is 58.8 Å². The summed E-state index contributed by atoms with van der Waals surface area (Å²) in [6.45, 7) is 12.1. The molecule has 0 saturated heterocycles. The molecule has 24 heavy (non-hydrogen) atoms. The van der Waals surface area contributed by atoms with Gasteiger partial charge in [-0.3, -0.25) is 0 Å². The molecular weight excluding hydrogens is 304 g/mol. The molecular formula is C20H30O4. The molecule has 134 valence electrons. The van der Waals surface area contributed by atoms with Crippen LogP contribution in [0, 0.1) is 0 Å². The first-order valence-electron chi connectivity index (χ1n) is 8.19. The second kappa shape index (κ2) is 7.39. The van der Waals surface area contributed by atoms with Crippen LogP contribution in [0.5, 0.6) is 5.75 Å². The Morgan fingerprint density at radius 3 is 1.88 bits per heavy atom. The molecule has 0 fully saturated rings. The van der Waals surface area contributed by atoms with Crippen molar-refractivity contribution >= 4 is 12.0 Å². The van der Waals surface area contributed by atoms with Gasteiger partial charge in [0.15, 0.2) is 0 Å². The number of hydrogen-bond acceptors (Lipinski definition) is 4. The van der Waals surface area contributed by atoms with Crippen LogP contribution in [-0.4, -0.2) is 29.9 Å². The smallest absolute Gasteiger partial charge is 0.333 e. The largest absolute Gasteiger partial charge is 0.507 e. The lowest BCUT2D eigenvalue weighted by molar-refractivity contribution is -0.136. The van der Waals surface area contributed by atoms with Crippen molar-refractivity contribution in [2.75, 3.05) is 13.7 Å². The molecule has 0 aliphatic carbocycles. The van der Waals surface area contributed by atoms with E-state index in [1.165, 1.54) is 7.11 Å². The summed E-state index contributed by atoms with van der Waals surface area (Å²) < 4.78 is 4.79. The first kappa shape index (κ1) is 20.2. The molecule has 1 aromatic rings. The van der Waals surface area contributed by atoms with Crippen LogP contribution in [0.3, 0.4) is 0 Å². The Morgan fingerprint density at radius 1 is 1.08 bits per heavy atom. The summed E-state index contributed by atoms with van der Waals surface area (Å²) in [6, 6.07) is 3.79. The van der Waals surface area contributed by atoms with Crippen molar-refractivity contribution in [2.24, 2.45) is 0 Å². The van der Waals surface area contributed by atoms with Gasteiger partial charge in [0.1, 0.15) is 5.75 Å². The minimum atomic E-state index is -0.452. The Morgan fingerprint density at radius 2 is 1.54 bits per heavy atom. The first-order chi connectivity index (χ1) is 10.9. The number of aliphatic hydroxyl groups excluding tert-OH is 1. The summed E-state index contributed by atoms with van der Waals surface area (Å²) in [5.41, 5.74) is 2.40. The quantitative estimate of drug-likeness (QED) is 0.647. The minimum absolute atomic E-state index is 0.128. The lowest BCUT2D eigenvalue weighted by Gasteiger charge is -2.28. The number of aliphatic hydroxyl groups is 1. The van der Waals surface area contributed by atoms with Gasteiger partial charge in [-0.1, -0.05) is 41.5 Å². The van der Waals surface area contributed by atoms with E-state index in [4.69, 9.17) is 4.74 Å². The zero-order chi connectivity index (χ0) is 18.7. The predicted molar refractivity (Wildman–Crippen MR) is 97.2 cm³/mol. The molecule has 0 saturated carbocycles. The third-order valence-electron chi connectivity index (χ3n) is 3.92. The van der Waals surface area contributed by atoms with Gasteiger partial charge in [0.25, 0.3) is 0 Å². The lowest BCUT2D eigenvalue weighted by Crippen LogP contribution is -2.17. The van der Waals surface area contributed by atoms with Gasteiger partial charge >= 0.3 is 5.97 Å². The normalized spacial score (nSPS) is 13.1. The second-order valence-corrected chi connectivity index (χ2v) is 8.10. The van der Waals surface area contributed by atoms with Gasteiger partial charge in [-0.25, -0.2) is 4.79 Å². The van der Waals surface area contributed by atoms with Gasteiger partial charge in [-0.15, -0.1) is 0 Å². The van der Waals surface area contributed by atoms with Gasteiger partial charge in [0.2, 0.25) is 0 Å². The molecule has 1 aromatic carbocycles. The van der Waals surface area contributed by atoms with Gasteiger partial charge in [-0.2, -0.15) is 0 Å². The maximum Gasteiger partial charge on any atom is 0.333 e. The molecule has 0 unspecified atom stereocenters. The number of esters is 1. The highest BCUT2D eigenvalue weighted by atomic mass is 16.5. The Labute approximate surface area is 145 Å². The molecule has 0 aromatic heterocycles. The van der Waals surface area contributed by atoms with Crippen LogP contribution in [0.15, 0.2) is 17.7 Å². The van der Waals surface area contributed by atoms with Crippen LogP contribution < -0.4 is 0 Å². The highest BCUT2D eigenvalue weighted by Gasteiger charge is 2.26. The number of carbonyl (C=O) groups is 1. The summed E-state index contributed by atoms with van der Waals surface area (Å²) >= 11 is 0. The number of phenolic OH excluding ortho intramolecular Hbond substituents is 1. The maximum absolute atomic E-state index is 11.9. The molecule has 0 radical (unpaired) electrons. The highest BCUT2D eigenvalue weighted by Crippen LogP contribution is 2.40. The average Bonchev–Trinajstić information content (AvgIpc) is 2.45. The molecule has 4 nitrogen and oxygen atoms in total. The van der Waals surface area contributed by atoms with Crippen molar-refractivity contribution in [1.29, 1.82) is 0 Å². The fraction of sp³-hybridized carbons (Fsp3) is 0.550. The van der Waals surface area contributed by atoms with E-state index >= 15 is 0 Å². The summed E-state index contributed by atoms with van der Waals surface area (Å²) in [4.78, 5) is 11.9. The van der Waals surface area contributed by atoms with Gasteiger partial charge in [0, 0.05) is 29.7 Å². The van der Waals surface area contributed by atoms with Crippen molar-refractivity contribution in [3.05, 3.63) is 34.4 Å². The minimum Gasteiger partial charge on any atom is -0.507 e. The average molecular weight is 334 g/mol. The highest BCUT2D eigenvalue weighted by molar-refractivity contribution is 5.93. The number of rotatable bonds is 4. The van der Waals surface area contributed by atoms with Crippen LogP contribution in [-0.2, 0) is 20.4 Å². The number of hydrogen-bond donors (Lipinski definition) is 2. The van der Waals surface area contributed by atoms with Crippen LogP contribution in [0.1, 0.15) is 64.7 Å². The monoisotopic (exact) mass is 334 g/mol. The molecule has 0 spiro atoms. The van der Waals surface area contributed by atoms with Crippen LogP contribution in [0.25, 0.3) is 6.08 Å². The Balaban J connectivity index is 3.62. The first-order valence-corrected chi connectivity index (χ1v) is 8.19. The van der Waals surface area contributed by atoms with E-state index in [0.29, 0.717) is 11.3 Å². The topological polar surface area (TPSA) is 66.8 Å². The Hall–Kier alpha value is -1.81. The van der Waals surface area contributed by atoms with Gasteiger partial charge in [0.05, 0.1) is 7.11 Å². The maximum atomic E-state index is 11.9. The molecule has 1 rings (SSSR count). The van der Waals surface area contributed by atoms with Crippen molar-refractivity contribution < 1.29 is 19.7 Å². The molecule has 0 bridgehead atoms. The van der Waals surface area contributed by atoms with Crippen LogP contribution in [0.2, 0.25) is 0 Å². The van der Waals surface area contributed by atoms with E-state index in [0.717, 1.165) is 16.7 Å². The summed E-state index contributed by atoms with van der Waals surface area (Å²) in [5.74, 6) is -0.152. The third-order valence-corrected chi connectivity index (χ3v) is 3.92. The predicted octanol–water partition coefficient (Wildman–Crippen LogP) is 3.93. The summed E-state index contributed by atoms with van der Waals surface area (Å²) in [7, 11) is 1.32. The fourth-order valence-electron chi connectivity index (χ4n) is 2.57. The van der Waals surface area contributed by atoms with E-state index in [9.17, 15) is 15.0 Å². The number of phenols is 1. The summed E-state index contributed by atoms with van der Waals surface area (Å²) in [5, 5.41) is 19.9. The second-order valence-electron chi connectivity index (χ2n) is 8.10. The molecule has 0 amide bonds. The fourth-order valence-corrected chi connectivity index (χ4v) is 2.57. The molecule has 2 N–H and O–H groups in total. The Bertz CT molecular complexity index is 593. The van der Waals surface area contributed by atoms with Crippen LogP contribution in [0.4, 0.5) is 0 Å². The zero-order valence-corrected chi connectivity index (χ0v) is 15.9. The van der Waals surface area contributed by atoms with E-state index in [1.807, 2.05) is 53.7 Å². The number of benzene rings is 1. The van der Waals surface area contributed by atoms with Gasteiger partial charge in [-0.05, 0) is 34.6 Å². The van der Waals surface area contributed by atoms with Crippen molar-refractivity contribution in [3.63, 3.8) is 0 Å². The van der Waals surface area contributed by atoms with E-state index in [1.54, 1.807) is 6.08 Å². The van der Waals surface area contributed by atoms with Crippen molar-refractivity contribution in [1.82, 2.24) is 0 Å². The molecule has 0 atom stereocenters. The SMILES string of the molecule is COC(=O)/C(=C\c1cc(C(C)(C)C)c(O)c(C(C)(C)C)c1)CCO. The molecule has 0 heterocycles.